The average Bonchev–Trinajstić information content (AvgIpc) is 2.90. The second-order valence-electron chi connectivity index (χ2n) is 4.40. The molecule has 0 atom stereocenters. The number of aromatic nitrogens is 1. The van der Waals surface area contributed by atoms with Crippen LogP contribution in [-0.4, -0.2) is 5.78 Å². The molecule has 0 spiro atoms. The van der Waals surface area contributed by atoms with Gasteiger partial charge in [-0.05, 0) is 12.1 Å². The zero-order valence-electron chi connectivity index (χ0n) is 10.6. The Morgan fingerprint density at radius 1 is 1.39 bits per heavy atom. The van der Waals surface area contributed by atoms with Crippen molar-refractivity contribution in [2.45, 2.75) is 19.9 Å². The third kappa shape index (κ3) is 3.27. The Morgan fingerprint density at radius 2 is 2.17 bits per heavy atom. The molecular weight excluding hydrogens is 222 g/mol. The number of hydrogen-bond donors (Lipinski definition) is 0. The normalized spacial score (nSPS) is 14.7. The summed E-state index contributed by atoms with van der Waals surface area (Å²) in [5, 5.41) is 0. The van der Waals surface area contributed by atoms with Crippen molar-refractivity contribution in [3.05, 3.63) is 66.5 Å². The summed E-state index contributed by atoms with van der Waals surface area (Å²) in [6, 6.07) is 3.78. The topological polar surface area (TPSA) is 20.9 Å². The van der Waals surface area contributed by atoms with Gasteiger partial charge in [0.15, 0.2) is 18.2 Å². The number of nitrogens with zero attached hydrogens (tertiary/aromatic N) is 1. The lowest BCUT2D eigenvalue weighted by Crippen LogP contribution is -2.33. The third-order valence-corrected chi connectivity index (χ3v) is 2.87. The van der Waals surface area contributed by atoms with Gasteiger partial charge in [0.1, 0.15) is 6.54 Å². The molecule has 0 unspecified atom stereocenters. The van der Waals surface area contributed by atoms with Gasteiger partial charge in [-0.1, -0.05) is 37.3 Å². The van der Waals surface area contributed by atoms with Crippen molar-refractivity contribution >= 4 is 5.78 Å². The van der Waals surface area contributed by atoms with Crippen LogP contribution in [0.25, 0.3) is 0 Å². The lowest BCUT2D eigenvalue weighted by Gasteiger charge is -1.98. The standard InChI is InChI=1S/C16H18NO/c1-2-11-17-12-5-8-15(13-17)16(18)10-9-14-6-3-4-7-14/h3-10,12-14H,2,11H2,1H3/q+1/b10-9+. The highest BCUT2D eigenvalue weighted by Crippen LogP contribution is 2.10. The molecule has 1 aromatic heterocycles. The highest BCUT2D eigenvalue weighted by Gasteiger charge is 2.08. The number of pyridine rings is 1. The molecule has 0 radical (unpaired) electrons. The Hall–Kier alpha value is -1.96. The van der Waals surface area contributed by atoms with Gasteiger partial charge in [0.2, 0.25) is 0 Å². The minimum Gasteiger partial charge on any atom is -0.289 e. The summed E-state index contributed by atoms with van der Waals surface area (Å²) in [6.07, 6.45) is 16.7. The Balaban J connectivity index is 2.06. The molecule has 2 rings (SSSR count). The lowest BCUT2D eigenvalue weighted by molar-refractivity contribution is -0.697. The fourth-order valence-electron chi connectivity index (χ4n) is 1.94. The third-order valence-electron chi connectivity index (χ3n) is 2.87. The second kappa shape index (κ2) is 6.10. The number of carbonyl (C=O) groups excluding carboxylic acids is 1. The zero-order valence-corrected chi connectivity index (χ0v) is 10.6. The second-order valence-corrected chi connectivity index (χ2v) is 4.40. The fraction of sp³-hybridized carbons (Fsp3) is 0.250. The van der Waals surface area contributed by atoms with Crippen LogP contribution >= 0.6 is 0 Å². The SMILES string of the molecule is CCC[n+]1cccc(C(=O)/C=C/C2C=CC=C2)c1. The van der Waals surface area contributed by atoms with Crippen molar-refractivity contribution in [3.63, 3.8) is 0 Å². The molecule has 0 bridgehead atoms. The smallest absolute Gasteiger partial charge is 0.191 e. The molecule has 0 fully saturated rings. The summed E-state index contributed by atoms with van der Waals surface area (Å²) in [7, 11) is 0. The number of hydrogen-bond acceptors (Lipinski definition) is 1. The van der Waals surface area contributed by atoms with E-state index in [9.17, 15) is 4.79 Å². The Labute approximate surface area is 108 Å². The van der Waals surface area contributed by atoms with Crippen LogP contribution in [0.5, 0.6) is 0 Å². The van der Waals surface area contributed by atoms with Gasteiger partial charge in [-0.25, -0.2) is 4.57 Å². The first-order chi connectivity index (χ1) is 8.79. The monoisotopic (exact) mass is 240 g/mol. The average molecular weight is 240 g/mol. The summed E-state index contributed by atoms with van der Waals surface area (Å²) in [4.78, 5) is 12.0. The van der Waals surface area contributed by atoms with Crippen molar-refractivity contribution < 1.29 is 9.36 Å². The first-order valence-corrected chi connectivity index (χ1v) is 6.36. The molecule has 0 saturated carbocycles. The number of rotatable bonds is 5. The quantitative estimate of drug-likeness (QED) is 0.440. The minimum atomic E-state index is 0.0640. The van der Waals surface area contributed by atoms with Crippen LogP contribution in [0.3, 0.4) is 0 Å². The van der Waals surface area contributed by atoms with Crippen LogP contribution in [0.2, 0.25) is 0 Å². The fourth-order valence-corrected chi connectivity index (χ4v) is 1.94. The molecule has 0 aliphatic heterocycles. The predicted octanol–water partition coefficient (Wildman–Crippen LogP) is 2.87. The van der Waals surface area contributed by atoms with E-state index in [0.717, 1.165) is 18.5 Å². The van der Waals surface area contributed by atoms with E-state index < -0.39 is 0 Å². The van der Waals surface area contributed by atoms with Gasteiger partial charge in [0.25, 0.3) is 0 Å². The molecule has 1 aliphatic rings. The van der Waals surface area contributed by atoms with Gasteiger partial charge in [-0.3, -0.25) is 4.79 Å². The molecule has 1 aliphatic carbocycles. The highest BCUT2D eigenvalue weighted by atomic mass is 16.1. The van der Waals surface area contributed by atoms with Crippen molar-refractivity contribution in [1.82, 2.24) is 0 Å². The van der Waals surface area contributed by atoms with Crippen LogP contribution in [0, 0.1) is 5.92 Å². The molecule has 0 aromatic carbocycles. The van der Waals surface area contributed by atoms with Crippen LogP contribution < -0.4 is 4.57 Å². The summed E-state index contributed by atoms with van der Waals surface area (Å²) in [6.45, 7) is 3.07. The van der Waals surface area contributed by atoms with Crippen LogP contribution in [0.1, 0.15) is 23.7 Å². The van der Waals surface area contributed by atoms with Crippen molar-refractivity contribution in [2.75, 3.05) is 0 Å². The van der Waals surface area contributed by atoms with E-state index in [-0.39, 0.29) is 11.7 Å². The Morgan fingerprint density at radius 3 is 2.89 bits per heavy atom. The molecule has 1 aromatic rings. The van der Waals surface area contributed by atoms with Gasteiger partial charge in [-0.15, -0.1) is 0 Å². The van der Waals surface area contributed by atoms with E-state index in [0.29, 0.717) is 0 Å². The summed E-state index contributed by atoms with van der Waals surface area (Å²) in [5.41, 5.74) is 0.744. The maximum absolute atomic E-state index is 12.0. The van der Waals surface area contributed by atoms with Gasteiger partial charge in [0, 0.05) is 18.4 Å². The summed E-state index contributed by atoms with van der Waals surface area (Å²) >= 11 is 0. The van der Waals surface area contributed by atoms with Crippen LogP contribution in [-0.2, 0) is 6.54 Å². The number of allylic oxidation sites excluding steroid dienone is 6. The van der Waals surface area contributed by atoms with Gasteiger partial charge >= 0.3 is 0 Å². The van der Waals surface area contributed by atoms with Gasteiger partial charge in [-0.2, -0.15) is 0 Å². The van der Waals surface area contributed by atoms with E-state index in [1.165, 1.54) is 0 Å². The predicted molar refractivity (Wildman–Crippen MR) is 72.2 cm³/mol. The molecule has 18 heavy (non-hydrogen) atoms. The number of carbonyl (C=O) groups is 1. The molecular formula is C16H18NO+. The highest BCUT2D eigenvalue weighted by molar-refractivity contribution is 6.04. The van der Waals surface area contributed by atoms with E-state index >= 15 is 0 Å². The number of ketones is 1. The first-order valence-electron chi connectivity index (χ1n) is 6.36. The Bertz CT molecular complexity index is 500. The molecule has 0 saturated heterocycles. The maximum atomic E-state index is 12.0. The first kappa shape index (κ1) is 12.5. The van der Waals surface area contributed by atoms with E-state index in [1.807, 2.05) is 42.8 Å². The molecule has 0 N–H and O–H groups in total. The van der Waals surface area contributed by atoms with E-state index in [1.54, 1.807) is 6.08 Å². The van der Waals surface area contributed by atoms with Crippen molar-refractivity contribution in [1.29, 1.82) is 0 Å². The van der Waals surface area contributed by atoms with Crippen LogP contribution in [0.15, 0.2) is 61.0 Å². The molecule has 1 heterocycles. The van der Waals surface area contributed by atoms with E-state index in [2.05, 4.69) is 23.6 Å². The van der Waals surface area contributed by atoms with Crippen molar-refractivity contribution in [2.24, 2.45) is 5.92 Å². The largest absolute Gasteiger partial charge is 0.289 e. The molecule has 2 heteroatoms. The Kier molecular flexibility index (Phi) is 4.24. The molecule has 0 amide bonds. The molecule has 92 valence electrons. The van der Waals surface area contributed by atoms with E-state index in [4.69, 9.17) is 0 Å². The molecule has 2 nitrogen and oxygen atoms in total. The van der Waals surface area contributed by atoms with Gasteiger partial charge < -0.3 is 0 Å². The minimum absolute atomic E-state index is 0.0640. The zero-order chi connectivity index (χ0) is 12.8. The van der Waals surface area contributed by atoms with Crippen molar-refractivity contribution in [3.8, 4) is 0 Å². The maximum Gasteiger partial charge on any atom is 0.191 e. The summed E-state index contributed by atoms with van der Waals surface area (Å²) in [5.74, 6) is 0.328. The van der Waals surface area contributed by atoms with Gasteiger partial charge in [0.05, 0.1) is 5.56 Å². The summed E-state index contributed by atoms with van der Waals surface area (Å²) < 4.78 is 2.05. The lowest BCUT2D eigenvalue weighted by atomic mass is 10.1. The van der Waals surface area contributed by atoms with Crippen LogP contribution in [0.4, 0.5) is 0 Å². The number of aryl methyl sites for hydroxylation is 1.